The van der Waals surface area contributed by atoms with E-state index in [0.717, 1.165) is 31.6 Å². The summed E-state index contributed by atoms with van der Waals surface area (Å²) in [6.45, 7) is 2.15. The van der Waals surface area contributed by atoms with Crippen molar-refractivity contribution in [3.05, 3.63) is 55.1 Å². The SMILES string of the molecule is O=C(NCCc1ccncc1)C1CCCN(c2cc(-n3cncn3)ncn2)C1. The van der Waals surface area contributed by atoms with Crippen LogP contribution in [0.5, 0.6) is 0 Å². The van der Waals surface area contributed by atoms with Crippen molar-refractivity contribution < 1.29 is 4.79 Å². The van der Waals surface area contributed by atoms with Gasteiger partial charge in [-0.3, -0.25) is 9.78 Å². The number of rotatable bonds is 6. The van der Waals surface area contributed by atoms with Gasteiger partial charge in [0.25, 0.3) is 0 Å². The van der Waals surface area contributed by atoms with E-state index < -0.39 is 0 Å². The van der Waals surface area contributed by atoms with Crippen LogP contribution in [0.2, 0.25) is 0 Å². The molecule has 9 nitrogen and oxygen atoms in total. The maximum atomic E-state index is 12.6. The summed E-state index contributed by atoms with van der Waals surface area (Å²) in [6, 6.07) is 5.81. The summed E-state index contributed by atoms with van der Waals surface area (Å²) in [7, 11) is 0. The van der Waals surface area contributed by atoms with Gasteiger partial charge in [-0.25, -0.2) is 19.6 Å². The van der Waals surface area contributed by atoms with Crippen LogP contribution in [0.25, 0.3) is 5.82 Å². The van der Waals surface area contributed by atoms with Crippen molar-refractivity contribution in [2.24, 2.45) is 5.92 Å². The van der Waals surface area contributed by atoms with Gasteiger partial charge in [0.2, 0.25) is 5.91 Å². The van der Waals surface area contributed by atoms with Gasteiger partial charge in [-0.15, -0.1) is 0 Å². The molecule has 1 aliphatic heterocycles. The molecular weight excluding hydrogens is 356 g/mol. The Bertz CT molecular complexity index is 899. The molecule has 1 fully saturated rings. The standard InChI is InChI=1S/C19H22N8O/c28-19(22-8-5-15-3-6-20-7-4-15)16-2-1-9-26(11-16)17-10-18(24-13-23-17)27-14-21-12-25-27/h3-4,6-7,10,12-14,16H,1-2,5,8-9,11H2,(H,22,28). The molecule has 4 heterocycles. The average molecular weight is 378 g/mol. The Morgan fingerprint density at radius 2 is 2.00 bits per heavy atom. The lowest BCUT2D eigenvalue weighted by Gasteiger charge is -2.32. The van der Waals surface area contributed by atoms with Crippen molar-refractivity contribution in [2.45, 2.75) is 19.3 Å². The van der Waals surface area contributed by atoms with E-state index in [1.165, 1.54) is 18.2 Å². The number of hydrogen-bond donors (Lipinski definition) is 1. The van der Waals surface area contributed by atoms with Crippen molar-refractivity contribution in [2.75, 3.05) is 24.5 Å². The summed E-state index contributed by atoms with van der Waals surface area (Å²) in [5.74, 6) is 1.52. The monoisotopic (exact) mass is 378 g/mol. The van der Waals surface area contributed by atoms with Gasteiger partial charge in [0.1, 0.15) is 24.8 Å². The van der Waals surface area contributed by atoms with Crippen molar-refractivity contribution >= 4 is 11.7 Å². The minimum Gasteiger partial charge on any atom is -0.356 e. The molecule has 1 atom stereocenters. The van der Waals surface area contributed by atoms with E-state index in [-0.39, 0.29) is 11.8 Å². The second-order valence-corrected chi connectivity index (χ2v) is 6.76. The number of anilines is 1. The molecule has 3 aromatic rings. The van der Waals surface area contributed by atoms with Crippen LogP contribution in [0.3, 0.4) is 0 Å². The first-order valence-electron chi connectivity index (χ1n) is 9.38. The maximum absolute atomic E-state index is 12.6. The molecular formula is C19H22N8O. The van der Waals surface area contributed by atoms with E-state index in [4.69, 9.17) is 0 Å². The van der Waals surface area contributed by atoms with Crippen molar-refractivity contribution in [3.8, 4) is 5.82 Å². The second-order valence-electron chi connectivity index (χ2n) is 6.76. The summed E-state index contributed by atoms with van der Waals surface area (Å²) in [4.78, 5) is 31.3. The minimum atomic E-state index is -0.0454. The molecule has 3 aromatic heterocycles. The fourth-order valence-corrected chi connectivity index (χ4v) is 3.39. The Balaban J connectivity index is 1.35. The van der Waals surface area contributed by atoms with Crippen LogP contribution in [0, 0.1) is 5.92 Å². The normalized spacial score (nSPS) is 16.7. The number of nitrogens with one attached hydrogen (secondary N) is 1. The fourth-order valence-electron chi connectivity index (χ4n) is 3.39. The highest BCUT2D eigenvalue weighted by atomic mass is 16.1. The molecule has 28 heavy (non-hydrogen) atoms. The number of pyridine rings is 1. The van der Waals surface area contributed by atoms with Crippen LogP contribution >= 0.6 is 0 Å². The quantitative estimate of drug-likeness (QED) is 0.683. The predicted molar refractivity (Wildman–Crippen MR) is 103 cm³/mol. The third kappa shape index (κ3) is 4.30. The van der Waals surface area contributed by atoms with Gasteiger partial charge in [0.05, 0.1) is 5.92 Å². The molecule has 0 aromatic carbocycles. The molecule has 1 aliphatic rings. The van der Waals surface area contributed by atoms with Crippen LogP contribution in [0.1, 0.15) is 18.4 Å². The number of amides is 1. The molecule has 1 unspecified atom stereocenters. The fraction of sp³-hybridized carbons (Fsp3) is 0.368. The zero-order valence-electron chi connectivity index (χ0n) is 15.5. The van der Waals surface area contributed by atoms with E-state index in [0.29, 0.717) is 18.9 Å². The van der Waals surface area contributed by atoms with Gasteiger partial charge in [0.15, 0.2) is 5.82 Å². The summed E-state index contributed by atoms with van der Waals surface area (Å²) < 4.78 is 1.60. The first kappa shape index (κ1) is 18.0. The first-order chi connectivity index (χ1) is 13.8. The number of nitrogens with zero attached hydrogens (tertiary/aromatic N) is 7. The summed E-state index contributed by atoms with van der Waals surface area (Å²) in [5.41, 5.74) is 1.17. The molecule has 1 amide bonds. The average Bonchev–Trinajstić information content (AvgIpc) is 3.30. The topological polar surface area (TPSA) is 102 Å². The lowest BCUT2D eigenvalue weighted by Crippen LogP contribution is -2.43. The van der Waals surface area contributed by atoms with Crippen molar-refractivity contribution in [3.63, 3.8) is 0 Å². The summed E-state index contributed by atoms with van der Waals surface area (Å²) >= 11 is 0. The van der Waals surface area contributed by atoms with Crippen LogP contribution < -0.4 is 10.2 Å². The Hall–Kier alpha value is -3.36. The second kappa shape index (κ2) is 8.55. The van der Waals surface area contributed by atoms with Gasteiger partial charge < -0.3 is 10.2 Å². The number of carbonyl (C=O) groups excluding carboxylic acids is 1. The van der Waals surface area contributed by atoms with Gasteiger partial charge in [0, 0.05) is 38.1 Å². The first-order valence-corrected chi connectivity index (χ1v) is 9.38. The lowest BCUT2D eigenvalue weighted by molar-refractivity contribution is -0.125. The highest BCUT2D eigenvalue weighted by Crippen LogP contribution is 2.22. The van der Waals surface area contributed by atoms with Crippen LogP contribution in [0.15, 0.2) is 49.6 Å². The van der Waals surface area contributed by atoms with E-state index in [9.17, 15) is 4.79 Å². The summed E-state index contributed by atoms with van der Waals surface area (Å²) in [5, 5.41) is 7.17. The van der Waals surface area contributed by atoms with Crippen LogP contribution in [-0.2, 0) is 11.2 Å². The number of carbonyl (C=O) groups is 1. The molecule has 0 radical (unpaired) electrons. The molecule has 1 saturated heterocycles. The zero-order chi connectivity index (χ0) is 19.2. The number of aromatic nitrogens is 6. The Morgan fingerprint density at radius 1 is 1.14 bits per heavy atom. The van der Waals surface area contributed by atoms with Crippen molar-refractivity contribution in [1.29, 1.82) is 0 Å². The van der Waals surface area contributed by atoms with E-state index in [1.54, 1.807) is 23.4 Å². The van der Waals surface area contributed by atoms with Crippen LogP contribution in [-0.4, -0.2) is 55.3 Å². The molecule has 0 saturated carbocycles. The number of hydrogen-bond acceptors (Lipinski definition) is 7. The third-order valence-electron chi connectivity index (χ3n) is 4.87. The third-order valence-corrected chi connectivity index (χ3v) is 4.87. The van der Waals surface area contributed by atoms with Gasteiger partial charge >= 0.3 is 0 Å². The molecule has 9 heteroatoms. The molecule has 1 N–H and O–H groups in total. The van der Waals surface area contributed by atoms with Crippen LogP contribution in [0.4, 0.5) is 5.82 Å². The largest absolute Gasteiger partial charge is 0.356 e. The highest BCUT2D eigenvalue weighted by Gasteiger charge is 2.26. The predicted octanol–water partition coefficient (Wildman–Crippen LogP) is 1.03. The summed E-state index contributed by atoms with van der Waals surface area (Å²) in [6.07, 6.45) is 10.8. The minimum absolute atomic E-state index is 0.0454. The van der Waals surface area contributed by atoms with Gasteiger partial charge in [-0.05, 0) is 37.0 Å². The van der Waals surface area contributed by atoms with E-state index in [2.05, 4.69) is 35.3 Å². The Morgan fingerprint density at radius 3 is 2.82 bits per heavy atom. The van der Waals surface area contributed by atoms with Gasteiger partial charge in [-0.2, -0.15) is 5.10 Å². The smallest absolute Gasteiger partial charge is 0.224 e. The molecule has 144 valence electrons. The van der Waals surface area contributed by atoms with E-state index >= 15 is 0 Å². The zero-order valence-corrected chi connectivity index (χ0v) is 15.5. The molecule has 4 rings (SSSR count). The molecule has 0 aliphatic carbocycles. The molecule has 0 bridgehead atoms. The number of piperidine rings is 1. The Kier molecular flexibility index (Phi) is 5.51. The Labute approximate surface area is 162 Å². The van der Waals surface area contributed by atoms with Crippen molar-refractivity contribution in [1.82, 2.24) is 35.0 Å². The lowest BCUT2D eigenvalue weighted by atomic mass is 9.97. The van der Waals surface area contributed by atoms with E-state index in [1.807, 2.05) is 18.2 Å². The van der Waals surface area contributed by atoms with Gasteiger partial charge in [-0.1, -0.05) is 0 Å². The maximum Gasteiger partial charge on any atom is 0.224 e. The molecule has 0 spiro atoms. The highest BCUT2D eigenvalue weighted by molar-refractivity contribution is 5.79.